The van der Waals surface area contributed by atoms with Gasteiger partial charge >= 0.3 is 0 Å². The van der Waals surface area contributed by atoms with Gasteiger partial charge in [0.05, 0.1) is 11.7 Å². The minimum atomic E-state index is -0.584. The first kappa shape index (κ1) is 21.1. The number of nitrogens with zero attached hydrogens (tertiary/aromatic N) is 4. The van der Waals surface area contributed by atoms with Crippen LogP contribution < -0.4 is 10.5 Å². The van der Waals surface area contributed by atoms with Crippen LogP contribution in [0.2, 0.25) is 0 Å². The highest BCUT2D eigenvalue weighted by molar-refractivity contribution is 7.98. The molecule has 8 heteroatoms. The molecule has 0 aliphatic carbocycles. The second kappa shape index (κ2) is 9.75. The number of aromatic nitrogens is 2. The quantitative estimate of drug-likeness (QED) is 0.559. The predicted octanol–water partition coefficient (Wildman–Crippen LogP) is 3.52. The van der Waals surface area contributed by atoms with Gasteiger partial charge in [0.2, 0.25) is 0 Å². The molecule has 2 heterocycles. The van der Waals surface area contributed by atoms with Gasteiger partial charge < -0.3 is 15.6 Å². The molecule has 150 valence electrons. The Labute approximate surface area is 178 Å². The third-order valence-electron chi connectivity index (χ3n) is 4.15. The molecule has 0 radical (unpaired) electrons. The zero-order valence-corrected chi connectivity index (χ0v) is 17.1. The molecular weight excluding hydrogens is 398 g/mol. The summed E-state index contributed by atoms with van der Waals surface area (Å²) >= 11 is 1.37. The number of aliphatic hydroxyl groups is 1. The minimum absolute atomic E-state index is 0.0784. The molecule has 0 amide bonds. The number of aliphatic hydroxyl groups excluding tert-OH is 1. The summed E-state index contributed by atoms with van der Waals surface area (Å²) in [5, 5.41) is 29.3. The highest BCUT2D eigenvalue weighted by Gasteiger charge is 2.20. The van der Waals surface area contributed by atoms with Gasteiger partial charge in [-0.15, -0.1) is 11.8 Å². The van der Waals surface area contributed by atoms with Gasteiger partial charge in [0, 0.05) is 23.7 Å². The number of hydrogen-bond donors (Lipinski definition) is 2. The first-order valence-electron chi connectivity index (χ1n) is 9.10. The van der Waals surface area contributed by atoms with Gasteiger partial charge in [-0.2, -0.15) is 10.5 Å². The van der Waals surface area contributed by atoms with Crippen LogP contribution in [-0.2, 0) is 5.75 Å². The van der Waals surface area contributed by atoms with E-state index in [9.17, 15) is 15.6 Å². The summed E-state index contributed by atoms with van der Waals surface area (Å²) in [4.78, 5) is 8.39. The van der Waals surface area contributed by atoms with Crippen LogP contribution in [0.5, 0.6) is 5.75 Å². The Kier molecular flexibility index (Phi) is 6.87. The third kappa shape index (κ3) is 4.87. The van der Waals surface area contributed by atoms with Crippen molar-refractivity contribution < 1.29 is 9.84 Å². The lowest BCUT2D eigenvalue weighted by Crippen LogP contribution is -2.12. The fraction of sp³-hybridized carbons (Fsp3) is 0.182. The number of nitrogen functional groups attached to an aromatic ring is 1. The van der Waals surface area contributed by atoms with Gasteiger partial charge in [-0.25, -0.2) is 4.98 Å². The van der Waals surface area contributed by atoms with Gasteiger partial charge in [-0.3, -0.25) is 4.98 Å². The van der Waals surface area contributed by atoms with Crippen molar-refractivity contribution in [3.63, 3.8) is 0 Å². The zero-order chi connectivity index (χ0) is 21.5. The van der Waals surface area contributed by atoms with Crippen LogP contribution >= 0.6 is 11.8 Å². The Morgan fingerprint density at radius 2 is 1.90 bits per heavy atom. The molecule has 3 rings (SSSR count). The van der Waals surface area contributed by atoms with Crippen LogP contribution in [0.1, 0.15) is 23.6 Å². The van der Waals surface area contributed by atoms with Crippen LogP contribution in [0, 0.1) is 22.7 Å². The molecule has 1 unspecified atom stereocenters. The van der Waals surface area contributed by atoms with E-state index >= 15 is 0 Å². The molecule has 1 atom stereocenters. The van der Waals surface area contributed by atoms with E-state index in [4.69, 9.17) is 10.5 Å². The summed E-state index contributed by atoms with van der Waals surface area (Å²) < 4.78 is 5.48. The maximum atomic E-state index is 9.85. The maximum Gasteiger partial charge on any atom is 0.143 e. The monoisotopic (exact) mass is 417 g/mol. The van der Waals surface area contributed by atoms with Crippen molar-refractivity contribution in [1.82, 2.24) is 9.97 Å². The standard InChI is InChI=1S/C22H19N5O2S/c1-14(28)12-29-17-6-4-16(5-7-17)20-18(9-23)21(25)27-22(19(20)10-24)30-13-15-3-2-8-26-11-15/h2-8,11,14,28H,12-13H2,1H3,(H2,25,27). The molecule has 30 heavy (non-hydrogen) atoms. The number of nitriles is 2. The smallest absolute Gasteiger partial charge is 0.143 e. The van der Waals surface area contributed by atoms with Crippen molar-refractivity contribution in [2.45, 2.75) is 23.8 Å². The van der Waals surface area contributed by atoms with E-state index in [0.717, 1.165) is 5.56 Å². The van der Waals surface area contributed by atoms with E-state index in [1.165, 1.54) is 11.8 Å². The second-order valence-corrected chi connectivity index (χ2v) is 7.45. The number of ether oxygens (including phenoxy) is 1. The van der Waals surface area contributed by atoms with E-state index in [1.807, 2.05) is 12.1 Å². The van der Waals surface area contributed by atoms with E-state index in [-0.39, 0.29) is 18.0 Å². The van der Waals surface area contributed by atoms with E-state index in [0.29, 0.717) is 33.2 Å². The number of pyridine rings is 2. The third-order valence-corrected chi connectivity index (χ3v) is 5.19. The summed E-state index contributed by atoms with van der Waals surface area (Å²) in [7, 11) is 0. The number of nitrogens with two attached hydrogens (primary N) is 1. The number of benzene rings is 1. The van der Waals surface area contributed by atoms with Gasteiger partial charge in [0.15, 0.2) is 0 Å². The molecule has 0 saturated carbocycles. The largest absolute Gasteiger partial charge is 0.491 e. The summed E-state index contributed by atoms with van der Waals surface area (Å²) in [6.45, 7) is 1.81. The van der Waals surface area contributed by atoms with Crippen molar-refractivity contribution in [3.8, 4) is 29.0 Å². The zero-order valence-electron chi connectivity index (χ0n) is 16.2. The Hall–Kier alpha value is -3.59. The number of anilines is 1. The van der Waals surface area contributed by atoms with Gasteiger partial charge in [0.1, 0.15) is 40.9 Å². The Balaban J connectivity index is 1.99. The molecule has 7 nitrogen and oxygen atoms in total. The lowest BCUT2D eigenvalue weighted by atomic mass is 9.97. The Morgan fingerprint density at radius 1 is 1.17 bits per heavy atom. The molecule has 0 bridgehead atoms. The van der Waals surface area contributed by atoms with Crippen molar-refractivity contribution in [1.29, 1.82) is 10.5 Å². The Morgan fingerprint density at radius 3 is 2.50 bits per heavy atom. The molecule has 0 fully saturated rings. The van der Waals surface area contributed by atoms with Crippen molar-refractivity contribution in [2.24, 2.45) is 0 Å². The average Bonchev–Trinajstić information content (AvgIpc) is 2.76. The highest BCUT2D eigenvalue weighted by Crippen LogP contribution is 2.37. The summed E-state index contributed by atoms with van der Waals surface area (Å²) in [5.74, 6) is 1.21. The van der Waals surface area contributed by atoms with Crippen molar-refractivity contribution in [2.75, 3.05) is 12.3 Å². The number of thioether (sulfide) groups is 1. The number of hydrogen-bond acceptors (Lipinski definition) is 8. The molecular formula is C22H19N5O2S. The molecule has 0 aliphatic heterocycles. The van der Waals surface area contributed by atoms with Crippen molar-refractivity contribution in [3.05, 3.63) is 65.5 Å². The highest BCUT2D eigenvalue weighted by atomic mass is 32.2. The van der Waals surface area contributed by atoms with Crippen LogP contribution in [0.25, 0.3) is 11.1 Å². The summed E-state index contributed by atoms with van der Waals surface area (Å²) in [6, 6.07) is 15.0. The lowest BCUT2D eigenvalue weighted by molar-refractivity contribution is 0.123. The molecule has 1 aromatic carbocycles. The molecule has 3 N–H and O–H groups in total. The second-order valence-electron chi connectivity index (χ2n) is 6.49. The van der Waals surface area contributed by atoms with Crippen LogP contribution in [0.4, 0.5) is 5.82 Å². The van der Waals surface area contributed by atoms with E-state index in [1.54, 1.807) is 43.6 Å². The van der Waals surface area contributed by atoms with Crippen LogP contribution in [0.3, 0.4) is 0 Å². The average molecular weight is 417 g/mol. The van der Waals surface area contributed by atoms with Crippen molar-refractivity contribution >= 4 is 17.6 Å². The normalized spacial score (nSPS) is 11.3. The van der Waals surface area contributed by atoms with Gasteiger partial charge in [-0.1, -0.05) is 18.2 Å². The molecule has 0 aliphatic rings. The van der Waals surface area contributed by atoms with E-state index in [2.05, 4.69) is 22.1 Å². The number of rotatable bonds is 7. The first-order chi connectivity index (χ1) is 14.5. The predicted molar refractivity (Wildman–Crippen MR) is 114 cm³/mol. The SMILES string of the molecule is CC(O)COc1ccc(-c2c(C#N)c(N)nc(SCc3cccnc3)c2C#N)cc1. The first-order valence-corrected chi connectivity index (χ1v) is 10.1. The molecule has 0 saturated heterocycles. The summed E-state index contributed by atoms with van der Waals surface area (Å²) in [5.41, 5.74) is 8.60. The molecule has 3 aromatic rings. The topological polar surface area (TPSA) is 129 Å². The van der Waals surface area contributed by atoms with Gasteiger partial charge in [0.25, 0.3) is 0 Å². The fourth-order valence-corrected chi connectivity index (χ4v) is 3.69. The molecule has 0 spiro atoms. The Bertz CT molecular complexity index is 1100. The van der Waals surface area contributed by atoms with E-state index < -0.39 is 6.10 Å². The summed E-state index contributed by atoms with van der Waals surface area (Å²) in [6.07, 6.45) is 2.86. The lowest BCUT2D eigenvalue weighted by Gasteiger charge is -2.14. The minimum Gasteiger partial charge on any atom is -0.491 e. The molecule has 2 aromatic heterocycles. The van der Waals surface area contributed by atoms with Gasteiger partial charge in [-0.05, 0) is 36.2 Å². The van der Waals surface area contributed by atoms with Crippen LogP contribution in [-0.4, -0.2) is 27.8 Å². The fourth-order valence-electron chi connectivity index (χ4n) is 2.76. The maximum absolute atomic E-state index is 9.85. The van der Waals surface area contributed by atoms with Crippen LogP contribution in [0.15, 0.2) is 53.8 Å².